The maximum atomic E-state index is 12.3. The number of piperazine rings is 1. The van der Waals surface area contributed by atoms with Crippen molar-refractivity contribution in [3.05, 3.63) is 30.1 Å². The molecule has 2 rings (SSSR count). The van der Waals surface area contributed by atoms with Gasteiger partial charge in [-0.3, -0.25) is 14.7 Å². The first-order valence-electron chi connectivity index (χ1n) is 7.55. The smallest absolute Gasteiger partial charge is 0.226 e. The first-order chi connectivity index (χ1) is 10.1. The molecule has 0 bridgehead atoms. The fraction of sp³-hybridized carbons (Fsp3) is 0.625. The van der Waals surface area contributed by atoms with E-state index < -0.39 is 0 Å². The van der Waals surface area contributed by atoms with Crippen molar-refractivity contribution in [2.45, 2.75) is 19.9 Å². The van der Waals surface area contributed by atoms with Gasteiger partial charge < -0.3 is 4.90 Å². The summed E-state index contributed by atoms with van der Waals surface area (Å²) in [7, 11) is 0. The molecule has 0 radical (unpaired) electrons. The molecule has 116 valence electrons. The summed E-state index contributed by atoms with van der Waals surface area (Å²) in [6, 6.07) is 4.46. The van der Waals surface area contributed by atoms with Gasteiger partial charge >= 0.3 is 0 Å². The zero-order chi connectivity index (χ0) is 15.2. The molecule has 1 fully saturated rings. The summed E-state index contributed by atoms with van der Waals surface area (Å²) in [4.78, 5) is 21.0. The lowest BCUT2D eigenvalue weighted by Gasteiger charge is -2.39. The average Bonchev–Trinajstić information content (AvgIpc) is 2.54. The molecule has 1 aliphatic heterocycles. The van der Waals surface area contributed by atoms with Crippen molar-refractivity contribution in [2.75, 3.05) is 38.2 Å². The Hall–Kier alpha value is -1.07. The number of hydrogen-bond acceptors (Lipinski definition) is 4. The van der Waals surface area contributed by atoms with E-state index in [2.05, 4.69) is 29.1 Å². The molecule has 0 spiro atoms. The first-order valence-corrected chi connectivity index (χ1v) is 8.94. The predicted octanol–water partition coefficient (Wildman–Crippen LogP) is 2.29. The van der Waals surface area contributed by atoms with Crippen LogP contribution < -0.4 is 0 Å². The SMILES string of the molecule is CSCC(C)C(=O)N1CCN(C(C)c2cccnc2)CC1. The van der Waals surface area contributed by atoms with Crippen LogP contribution in [-0.4, -0.2) is 58.9 Å². The molecule has 2 unspecified atom stereocenters. The second-order valence-electron chi connectivity index (χ2n) is 5.68. The van der Waals surface area contributed by atoms with Crippen molar-refractivity contribution < 1.29 is 4.79 Å². The van der Waals surface area contributed by atoms with Crippen LogP contribution in [0.15, 0.2) is 24.5 Å². The molecular weight excluding hydrogens is 282 g/mol. The number of aromatic nitrogens is 1. The van der Waals surface area contributed by atoms with Gasteiger partial charge in [0.15, 0.2) is 0 Å². The summed E-state index contributed by atoms with van der Waals surface area (Å²) in [5.74, 6) is 1.34. The van der Waals surface area contributed by atoms with Crippen LogP contribution in [0.4, 0.5) is 0 Å². The van der Waals surface area contributed by atoms with Crippen molar-refractivity contribution in [1.82, 2.24) is 14.8 Å². The zero-order valence-corrected chi connectivity index (χ0v) is 14.0. The molecule has 1 aromatic heterocycles. The van der Waals surface area contributed by atoms with Gasteiger partial charge in [0, 0.05) is 56.3 Å². The van der Waals surface area contributed by atoms with E-state index in [-0.39, 0.29) is 5.92 Å². The third-order valence-corrected chi connectivity index (χ3v) is 5.01. The Labute approximate surface area is 131 Å². The lowest BCUT2D eigenvalue weighted by Crippen LogP contribution is -2.50. The Bertz CT molecular complexity index is 446. The summed E-state index contributed by atoms with van der Waals surface area (Å²) in [5, 5.41) is 0. The van der Waals surface area contributed by atoms with Gasteiger partial charge in [-0.05, 0) is 24.8 Å². The predicted molar refractivity (Wildman–Crippen MR) is 88.4 cm³/mol. The highest BCUT2D eigenvalue weighted by Crippen LogP contribution is 2.21. The fourth-order valence-corrected chi connectivity index (χ4v) is 3.44. The number of thioether (sulfide) groups is 1. The maximum Gasteiger partial charge on any atom is 0.226 e. The van der Waals surface area contributed by atoms with Crippen LogP contribution in [0, 0.1) is 5.92 Å². The number of amides is 1. The molecule has 21 heavy (non-hydrogen) atoms. The maximum absolute atomic E-state index is 12.3. The molecule has 1 aliphatic rings. The second kappa shape index (κ2) is 7.80. The van der Waals surface area contributed by atoms with Crippen LogP contribution in [0.1, 0.15) is 25.5 Å². The van der Waals surface area contributed by atoms with E-state index in [1.807, 2.05) is 24.1 Å². The molecule has 2 heterocycles. The molecule has 1 aromatic rings. The molecule has 1 saturated heterocycles. The van der Waals surface area contributed by atoms with Gasteiger partial charge in [-0.1, -0.05) is 13.0 Å². The molecule has 0 aromatic carbocycles. The van der Waals surface area contributed by atoms with E-state index in [9.17, 15) is 4.79 Å². The van der Waals surface area contributed by atoms with E-state index in [0.717, 1.165) is 31.9 Å². The lowest BCUT2D eigenvalue weighted by atomic mass is 10.1. The van der Waals surface area contributed by atoms with Gasteiger partial charge in [-0.25, -0.2) is 0 Å². The number of carbonyl (C=O) groups is 1. The van der Waals surface area contributed by atoms with Gasteiger partial charge in [0.2, 0.25) is 5.91 Å². The molecule has 0 N–H and O–H groups in total. The topological polar surface area (TPSA) is 36.4 Å². The molecule has 1 amide bonds. The average molecular weight is 307 g/mol. The zero-order valence-electron chi connectivity index (χ0n) is 13.2. The second-order valence-corrected chi connectivity index (χ2v) is 6.59. The summed E-state index contributed by atoms with van der Waals surface area (Å²) < 4.78 is 0. The van der Waals surface area contributed by atoms with Gasteiger partial charge in [0.1, 0.15) is 0 Å². The Balaban J connectivity index is 1.87. The largest absolute Gasteiger partial charge is 0.340 e. The van der Waals surface area contributed by atoms with Gasteiger partial charge in [0.25, 0.3) is 0 Å². The molecule has 5 heteroatoms. The molecule has 0 aliphatic carbocycles. The van der Waals surface area contributed by atoms with Crippen molar-refractivity contribution in [2.24, 2.45) is 5.92 Å². The lowest BCUT2D eigenvalue weighted by molar-refractivity contribution is -0.136. The van der Waals surface area contributed by atoms with Crippen molar-refractivity contribution in [1.29, 1.82) is 0 Å². The summed E-state index contributed by atoms with van der Waals surface area (Å²) in [5.41, 5.74) is 1.24. The van der Waals surface area contributed by atoms with Crippen molar-refractivity contribution >= 4 is 17.7 Å². The van der Waals surface area contributed by atoms with Crippen LogP contribution >= 0.6 is 11.8 Å². The Morgan fingerprint density at radius 1 is 1.33 bits per heavy atom. The number of nitrogens with zero attached hydrogens (tertiary/aromatic N) is 3. The van der Waals surface area contributed by atoms with E-state index >= 15 is 0 Å². The number of pyridine rings is 1. The third kappa shape index (κ3) is 4.20. The van der Waals surface area contributed by atoms with E-state index in [1.165, 1.54) is 5.56 Å². The quantitative estimate of drug-likeness (QED) is 0.836. The first kappa shape index (κ1) is 16.3. The van der Waals surface area contributed by atoms with Gasteiger partial charge in [0.05, 0.1) is 0 Å². The minimum atomic E-state index is 0.127. The molecular formula is C16H25N3OS. The van der Waals surface area contributed by atoms with E-state index in [1.54, 1.807) is 18.0 Å². The molecule has 2 atom stereocenters. The Kier molecular flexibility index (Phi) is 6.06. The Morgan fingerprint density at radius 3 is 2.62 bits per heavy atom. The third-order valence-electron chi connectivity index (χ3n) is 4.18. The highest BCUT2D eigenvalue weighted by Gasteiger charge is 2.26. The summed E-state index contributed by atoms with van der Waals surface area (Å²) >= 11 is 1.74. The number of hydrogen-bond donors (Lipinski definition) is 0. The minimum Gasteiger partial charge on any atom is -0.340 e. The molecule has 0 saturated carbocycles. The van der Waals surface area contributed by atoms with Crippen LogP contribution in [-0.2, 0) is 4.79 Å². The molecule has 4 nitrogen and oxygen atoms in total. The van der Waals surface area contributed by atoms with E-state index in [4.69, 9.17) is 0 Å². The van der Waals surface area contributed by atoms with Crippen LogP contribution in [0.5, 0.6) is 0 Å². The van der Waals surface area contributed by atoms with Gasteiger partial charge in [-0.15, -0.1) is 0 Å². The monoisotopic (exact) mass is 307 g/mol. The standard InChI is InChI=1S/C16H25N3OS/c1-13(12-21-3)16(20)19-9-7-18(8-10-19)14(2)15-5-4-6-17-11-15/h4-6,11,13-14H,7-10,12H2,1-3H3. The fourth-order valence-electron chi connectivity index (χ4n) is 2.80. The van der Waals surface area contributed by atoms with Gasteiger partial charge in [-0.2, -0.15) is 11.8 Å². The van der Waals surface area contributed by atoms with Crippen molar-refractivity contribution in [3.8, 4) is 0 Å². The van der Waals surface area contributed by atoms with Crippen LogP contribution in [0.25, 0.3) is 0 Å². The van der Waals surface area contributed by atoms with Crippen LogP contribution in [0.2, 0.25) is 0 Å². The number of carbonyl (C=O) groups excluding carboxylic acids is 1. The van der Waals surface area contributed by atoms with Crippen LogP contribution in [0.3, 0.4) is 0 Å². The van der Waals surface area contributed by atoms with E-state index in [0.29, 0.717) is 11.9 Å². The summed E-state index contributed by atoms with van der Waals surface area (Å²) in [6.07, 6.45) is 5.79. The van der Waals surface area contributed by atoms with Crippen molar-refractivity contribution in [3.63, 3.8) is 0 Å². The summed E-state index contributed by atoms with van der Waals surface area (Å²) in [6.45, 7) is 7.79. The Morgan fingerprint density at radius 2 is 2.05 bits per heavy atom. The normalized spacial score (nSPS) is 19.3. The highest BCUT2D eigenvalue weighted by molar-refractivity contribution is 7.98. The highest BCUT2D eigenvalue weighted by atomic mass is 32.2. The minimum absolute atomic E-state index is 0.127. The number of rotatable bonds is 5.